The summed E-state index contributed by atoms with van der Waals surface area (Å²) in [5.74, 6) is 1.70. The number of benzene rings is 1. The number of halogens is 1. The fourth-order valence-corrected chi connectivity index (χ4v) is 3.16. The molecule has 1 saturated carbocycles. The SMILES string of the molecule is COc1cc(OC)c(C(C)NCC2CCCC2O)cc1Cl. The molecule has 0 spiro atoms. The second kappa shape index (κ2) is 7.34. The molecule has 0 radical (unpaired) electrons. The maximum Gasteiger partial charge on any atom is 0.141 e. The summed E-state index contributed by atoms with van der Waals surface area (Å²) >= 11 is 6.20. The van der Waals surface area contributed by atoms with E-state index in [0.29, 0.717) is 16.7 Å². The summed E-state index contributed by atoms with van der Waals surface area (Å²) in [6, 6.07) is 3.78. The summed E-state index contributed by atoms with van der Waals surface area (Å²) in [5.41, 5.74) is 0.996. The van der Waals surface area contributed by atoms with Gasteiger partial charge in [-0.05, 0) is 31.7 Å². The van der Waals surface area contributed by atoms with Gasteiger partial charge in [-0.2, -0.15) is 0 Å². The number of hydrogen-bond donors (Lipinski definition) is 2. The van der Waals surface area contributed by atoms with Crippen molar-refractivity contribution in [2.24, 2.45) is 5.92 Å². The molecular formula is C16H24ClNO3. The number of aliphatic hydroxyl groups is 1. The van der Waals surface area contributed by atoms with Crippen molar-refractivity contribution in [3.63, 3.8) is 0 Å². The molecule has 118 valence electrons. The Morgan fingerprint density at radius 1 is 1.29 bits per heavy atom. The predicted molar refractivity (Wildman–Crippen MR) is 84.3 cm³/mol. The highest BCUT2D eigenvalue weighted by Gasteiger charge is 2.25. The third-order valence-corrected chi connectivity index (χ3v) is 4.57. The van der Waals surface area contributed by atoms with Crippen LogP contribution in [0.3, 0.4) is 0 Å². The first-order valence-electron chi connectivity index (χ1n) is 7.39. The van der Waals surface area contributed by atoms with Gasteiger partial charge in [0.2, 0.25) is 0 Å². The Morgan fingerprint density at radius 2 is 2.00 bits per heavy atom. The van der Waals surface area contributed by atoms with Crippen LogP contribution in [0.4, 0.5) is 0 Å². The van der Waals surface area contributed by atoms with Crippen molar-refractivity contribution in [1.82, 2.24) is 5.32 Å². The standard InChI is InChI=1S/C16H24ClNO3/c1-10(18-9-11-5-4-6-14(11)19)12-7-13(17)16(21-3)8-15(12)20-2/h7-8,10-11,14,18-19H,4-6,9H2,1-3H3. The molecule has 21 heavy (non-hydrogen) atoms. The van der Waals surface area contributed by atoms with Crippen LogP contribution >= 0.6 is 11.6 Å². The van der Waals surface area contributed by atoms with Gasteiger partial charge in [0.25, 0.3) is 0 Å². The molecule has 4 nitrogen and oxygen atoms in total. The first kappa shape index (κ1) is 16.4. The van der Waals surface area contributed by atoms with Crippen LogP contribution in [0.25, 0.3) is 0 Å². The summed E-state index contributed by atoms with van der Waals surface area (Å²) in [6.07, 6.45) is 2.94. The number of nitrogens with one attached hydrogen (secondary N) is 1. The van der Waals surface area contributed by atoms with Crippen molar-refractivity contribution >= 4 is 11.6 Å². The van der Waals surface area contributed by atoms with Gasteiger partial charge in [0.15, 0.2) is 0 Å². The molecule has 0 heterocycles. The Balaban J connectivity index is 2.07. The Kier molecular flexibility index (Phi) is 5.73. The second-order valence-electron chi connectivity index (χ2n) is 5.62. The third-order valence-electron chi connectivity index (χ3n) is 4.28. The zero-order chi connectivity index (χ0) is 15.4. The van der Waals surface area contributed by atoms with Crippen molar-refractivity contribution in [3.8, 4) is 11.5 Å². The van der Waals surface area contributed by atoms with E-state index in [1.165, 1.54) is 0 Å². The summed E-state index contributed by atoms with van der Waals surface area (Å²) in [7, 11) is 3.23. The Labute approximate surface area is 131 Å². The Morgan fingerprint density at radius 3 is 2.57 bits per heavy atom. The average Bonchev–Trinajstić information content (AvgIpc) is 2.89. The molecule has 2 N–H and O–H groups in total. The monoisotopic (exact) mass is 313 g/mol. The summed E-state index contributed by atoms with van der Waals surface area (Å²) in [4.78, 5) is 0. The topological polar surface area (TPSA) is 50.7 Å². The van der Waals surface area contributed by atoms with Crippen molar-refractivity contribution in [2.75, 3.05) is 20.8 Å². The number of methoxy groups -OCH3 is 2. The first-order chi connectivity index (χ1) is 10.1. The van der Waals surface area contributed by atoms with Gasteiger partial charge in [0.05, 0.1) is 25.3 Å². The largest absolute Gasteiger partial charge is 0.496 e. The van der Waals surface area contributed by atoms with E-state index in [4.69, 9.17) is 21.1 Å². The molecule has 1 aliphatic carbocycles. The van der Waals surface area contributed by atoms with Crippen molar-refractivity contribution in [3.05, 3.63) is 22.7 Å². The number of aliphatic hydroxyl groups excluding tert-OH is 1. The first-order valence-corrected chi connectivity index (χ1v) is 7.77. The highest BCUT2D eigenvalue weighted by atomic mass is 35.5. The lowest BCUT2D eigenvalue weighted by Gasteiger charge is -2.22. The van der Waals surface area contributed by atoms with Crippen LogP contribution < -0.4 is 14.8 Å². The Hall–Kier alpha value is -0.970. The molecule has 0 aliphatic heterocycles. The molecule has 1 aromatic carbocycles. The molecule has 0 bridgehead atoms. The van der Waals surface area contributed by atoms with Gasteiger partial charge in [-0.15, -0.1) is 0 Å². The molecule has 2 rings (SSSR count). The molecule has 0 amide bonds. The van der Waals surface area contributed by atoms with Crippen LogP contribution in [0.2, 0.25) is 5.02 Å². The van der Waals surface area contributed by atoms with E-state index in [9.17, 15) is 5.11 Å². The molecule has 5 heteroatoms. The van der Waals surface area contributed by atoms with E-state index < -0.39 is 0 Å². The number of rotatable bonds is 6. The highest BCUT2D eigenvalue weighted by molar-refractivity contribution is 6.32. The van der Waals surface area contributed by atoms with Crippen molar-refractivity contribution in [1.29, 1.82) is 0 Å². The van der Waals surface area contributed by atoms with E-state index >= 15 is 0 Å². The van der Waals surface area contributed by atoms with Crippen molar-refractivity contribution in [2.45, 2.75) is 38.3 Å². The lowest BCUT2D eigenvalue weighted by molar-refractivity contribution is 0.130. The minimum absolute atomic E-state index is 0.0937. The van der Waals surface area contributed by atoms with Gasteiger partial charge in [0, 0.05) is 24.2 Å². The van der Waals surface area contributed by atoms with Crippen LogP contribution in [0, 0.1) is 5.92 Å². The Bertz CT molecular complexity index is 481. The summed E-state index contributed by atoms with van der Waals surface area (Å²) in [6.45, 7) is 2.87. The molecule has 0 saturated heterocycles. The fourth-order valence-electron chi connectivity index (χ4n) is 2.92. The zero-order valence-electron chi connectivity index (χ0n) is 12.9. The van der Waals surface area contributed by atoms with Crippen molar-refractivity contribution < 1.29 is 14.6 Å². The molecule has 0 aromatic heterocycles. The zero-order valence-corrected chi connectivity index (χ0v) is 13.6. The smallest absolute Gasteiger partial charge is 0.141 e. The molecule has 3 unspecified atom stereocenters. The molecular weight excluding hydrogens is 290 g/mol. The molecule has 1 aromatic rings. The molecule has 1 fully saturated rings. The van der Waals surface area contributed by atoms with Crippen LogP contribution in [0.5, 0.6) is 11.5 Å². The van der Waals surface area contributed by atoms with Gasteiger partial charge in [-0.25, -0.2) is 0 Å². The minimum Gasteiger partial charge on any atom is -0.496 e. The molecule has 3 atom stereocenters. The summed E-state index contributed by atoms with van der Waals surface area (Å²) < 4.78 is 10.6. The highest BCUT2D eigenvalue weighted by Crippen LogP contribution is 2.36. The maximum absolute atomic E-state index is 9.88. The van der Waals surface area contributed by atoms with Gasteiger partial charge in [-0.1, -0.05) is 18.0 Å². The van der Waals surface area contributed by atoms with Gasteiger partial charge >= 0.3 is 0 Å². The lowest BCUT2D eigenvalue weighted by atomic mass is 10.0. The number of ether oxygens (including phenoxy) is 2. The minimum atomic E-state index is -0.175. The van der Waals surface area contributed by atoms with E-state index in [-0.39, 0.29) is 12.1 Å². The van der Waals surface area contributed by atoms with Crippen LogP contribution in [-0.2, 0) is 0 Å². The van der Waals surface area contributed by atoms with E-state index in [1.807, 2.05) is 6.07 Å². The predicted octanol–water partition coefficient (Wildman–Crippen LogP) is 3.17. The van der Waals surface area contributed by atoms with Gasteiger partial charge in [0.1, 0.15) is 11.5 Å². The van der Waals surface area contributed by atoms with Crippen LogP contribution in [-0.4, -0.2) is 32.0 Å². The second-order valence-corrected chi connectivity index (χ2v) is 6.02. The maximum atomic E-state index is 9.88. The van der Waals surface area contributed by atoms with Crippen LogP contribution in [0.15, 0.2) is 12.1 Å². The van der Waals surface area contributed by atoms with Gasteiger partial charge in [-0.3, -0.25) is 0 Å². The van der Waals surface area contributed by atoms with E-state index in [0.717, 1.165) is 37.1 Å². The normalized spacial score (nSPS) is 23.1. The van der Waals surface area contributed by atoms with Crippen LogP contribution in [0.1, 0.15) is 37.8 Å². The van der Waals surface area contributed by atoms with Gasteiger partial charge < -0.3 is 19.9 Å². The van der Waals surface area contributed by atoms with E-state index in [1.54, 1.807) is 20.3 Å². The summed E-state index contributed by atoms with van der Waals surface area (Å²) in [5, 5.41) is 13.9. The fraction of sp³-hybridized carbons (Fsp3) is 0.625. The lowest BCUT2D eigenvalue weighted by Crippen LogP contribution is -2.30. The quantitative estimate of drug-likeness (QED) is 0.847. The average molecular weight is 314 g/mol. The number of hydrogen-bond acceptors (Lipinski definition) is 4. The third kappa shape index (κ3) is 3.82. The van der Waals surface area contributed by atoms with E-state index in [2.05, 4.69) is 12.2 Å². The molecule has 1 aliphatic rings.